The highest BCUT2D eigenvalue weighted by molar-refractivity contribution is 5.88. The van der Waals surface area contributed by atoms with Crippen LogP contribution in [0.4, 0.5) is 0 Å². The molecule has 28 heavy (non-hydrogen) atoms. The number of benzene rings is 3. The first-order chi connectivity index (χ1) is 13.8. The number of allylic oxidation sites excluding steroid dienone is 1. The topological polar surface area (TPSA) is 23.5 Å². The number of phenolic OH excluding ortho intramolecular Hbond substituents is 1. The second-order valence-electron chi connectivity index (χ2n) is 7.79. The van der Waals surface area contributed by atoms with Crippen molar-refractivity contribution >= 4 is 10.8 Å². The van der Waals surface area contributed by atoms with E-state index in [0.29, 0.717) is 11.8 Å². The van der Waals surface area contributed by atoms with Crippen molar-refractivity contribution in [1.29, 1.82) is 0 Å². The van der Waals surface area contributed by atoms with Crippen LogP contribution in [0.1, 0.15) is 49.3 Å². The van der Waals surface area contributed by atoms with Crippen molar-refractivity contribution in [3.05, 3.63) is 90.5 Å². The van der Waals surface area contributed by atoms with Gasteiger partial charge < -0.3 is 5.11 Å². The lowest BCUT2D eigenvalue weighted by molar-refractivity contribution is 0.106. The van der Waals surface area contributed by atoms with Gasteiger partial charge in [-0.05, 0) is 54.6 Å². The number of hydrogen-bond donors (Lipinski definition) is 1. The number of hydrogen-bond acceptors (Lipinski definition) is 2. The van der Waals surface area contributed by atoms with Gasteiger partial charge in [0, 0.05) is 11.6 Å². The van der Waals surface area contributed by atoms with E-state index in [2.05, 4.69) is 66.1 Å². The van der Waals surface area contributed by atoms with E-state index in [1.807, 2.05) is 18.2 Å². The molecular weight excluding hydrogens is 342 g/mol. The van der Waals surface area contributed by atoms with Gasteiger partial charge in [-0.15, -0.1) is 6.58 Å². The van der Waals surface area contributed by atoms with Crippen molar-refractivity contribution in [2.75, 3.05) is 6.54 Å². The van der Waals surface area contributed by atoms with E-state index >= 15 is 0 Å². The summed E-state index contributed by atoms with van der Waals surface area (Å²) in [5, 5.41) is 13.3. The highest BCUT2D eigenvalue weighted by Crippen LogP contribution is 2.42. The van der Waals surface area contributed by atoms with Gasteiger partial charge in [0.25, 0.3) is 0 Å². The highest BCUT2D eigenvalue weighted by Gasteiger charge is 2.32. The van der Waals surface area contributed by atoms with E-state index in [-0.39, 0.29) is 6.04 Å². The number of nitrogens with zero attached hydrogens (tertiary/aromatic N) is 1. The third kappa shape index (κ3) is 3.70. The van der Waals surface area contributed by atoms with Gasteiger partial charge in [0.2, 0.25) is 0 Å². The van der Waals surface area contributed by atoms with Crippen LogP contribution in [0.3, 0.4) is 0 Å². The molecule has 0 unspecified atom stereocenters. The number of piperidine rings is 1. The Balaban J connectivity index is 1.88. The lowest BCUT2D eigenvalue weighted by atomic mass is 9.87. The summed E-state index contributed by atoms with van der Waals surface area (Å²) in [7, 11) is 0. The summed E-state index contributed by atoms with van der Waals surface area (Å²) in [6.45, 7) is 4.99. The standard InChI is InChI=1S/C26H29NO/c1-2-3-14-22-15-9-10-19-27(22)26(21-12-5-4-6-13-21)25-23-16-8-7-11-20(23)17-18-24(25)28/h2,4-8,11-13,16-18,22,26,28H,1,3,9-10,14-15,19H2/t22-,26-/m1/s1. The zero-order chi connectivity index (χ0) is 19.3. The minimum Gasteiger partial charge on any atom is -0.508 e. The molecule has 1 heterocycles. The van der Waals surface area contributed by atoms with Crippen LogP contribution in [-0.4, -0.2) is 22.6 Å². The molecule has 3 aromatic carbocycles. The predicted molar refractivity (Wildman–Crippen MR) is 118 cm³/mol. The Morgan fingerprint density at radius 2 is 1.79 bits per heavy atom. The molecule has 1 aliphatic rings. The number of fused-ring (bicyclic) bond motifs is 1. The van der Waals surface area contributed by atoms with Gasteiger partial charge in [-0.2, -0.15) is 0 Å². The summed E-state index contributed by atoms with van der Waals surface area (Å²) in [4.78, 5) is 2.63. The fourth-order valence-corrected chi connectivity index (χ4v) is 4.71. The fourth-order valence-electron chi connectivity index (χ4n) is 4.71. The zero-order valence-electron chi connectivity index (χ0n) is 16.4. The van der Waals surface area contributed by atoms with Crippen LogP contribution in [0, 0.1) is 0 Å². The summed E-state index contributed by atoms with van der Waals surface area (Å²) < 4.78 is 0. The number of phenols is 1. The molecule has 0 spiro atoms. The Hall–Kier alpha value is -2.58. The van der Waals surface area contributed by atoms with Crippen LogP contribution in [0.5, 0.6) is 5.75 Å². The van der Waals surface area contributed by atoms with E-state index < -0.39 is 0 Å². The smallest absolute Gasteiger partial charge is 0.121 e. The molecular formula is C26H29NO. The van der Waals surface area contributed by atoms with Crippen LogP contribution in [0.25, 0.3) is 10.8 Å². The molecule has 0 aromatic heterocycles. The summed E-state index contributed by atoms with van der Waals surface area (Å²) in [5.41, 5.74) is 2.29. The lowest BCUT2D eigenvalue weighted by Gasteiger charge is -2.42. The fraction of sp³-hybridized carbons (Fsp3) is 0.308. The Labute approximate surface area is 168 Å². The molecule has 1 fully saturated rings. The van der Waals surface area contributed by atoms with E-state index in [1.54, 1.807) is 0 Å². The second kappa shape index (κ2) is 8.62. The van der Waals surface area contributed by atoms with Crippen molar-refractivity contribution < 1.29 is 5.11 Å². The molecule has 0 aliphatic carbocycles. The summed E-state index contributed by atoms with van der Waals surface area (Å²) in [6.07, 6.45) is 7.88. The molecule has 0 radical (unpaired) electrons. The minimum atomic E-state index is 0.0578. The lowest BCUT2D eigenvalue weighted by Crippen LogP contribution is -2.42. The quantitative estimate of drug-likeness (QED) is 0.503. The van der Waals surface area contributed by atoms with Gasteiger partial charge in [-0.25, -0.2) is 0 Å². The van der Waals surface area contributed by atoms with Crippen LogP contribution in [0.15, 0.2) is 79.4 Å². The molecule has 2 atom stereocenters. The first kappa shape index (κ1) is 18.8. The molecule has 0 bridgehead atoms. The Morgan fingerprint density at radius 3 is 2.61 bits per heavy atom. The monoisotopic (exact) mass is 371 g/mol. The maximum atomic E-state index is 11.0. The van der Waals surface area contributed by atoms with Gasteiger partial charge >= 0.3 is 0 Å². The van der Waals surface area contributed by atoms with Gasteiger partial charge in [-0.3, -0.25) is 4.90 Å². The minimum absolute atomic E-state index is 0.0578. The van der Waals surface area contributed by atoms with E-state index in [9.17, 15) is 5.11 Å². The zero-order valence-corrected chi connectivity index (χ0v) is 16.4. The number of likely N-dealkylation sites (tertiary alicyclic amines) is 1. The molecule has 2 nitrogen and oxygen atoms in total. The molecule has 2 heteroatoms. The molecule has 3 aromatic rings. The largest absolute Gasteiger partial charge is 0.508 e. The average molecular weight is 372 g/mol. The van der Waals surface area contributed by atoms with Gasteiger partial charge in [0.15, 0.2) is 0 Å². The molecule has 144 valence electrons. The molecule has 1 saturated heterocycles. The predicted octanol–water partition coefficient (Wildman–Crippen LogP) is 6.46. The Kier molecular flexibility index (Phi) is 5.78. The van der Waals surface area contributed by atoms with Crippen molar-refractivity contribution in [3.63, 3.8) is 0 Å². The maximum absolute atomic E-state index is 11.0. The Bertz CT molecular complexity index is 934. The molecule has 1 N–H and O–H groups in total. The van der Waals surface area contributed by atoms with Gasteiger partial charge in [-0.1, -0.05) is 73.2 Å². The molecule has 0 amide bonds. The van der Waals surface area contributed by atoms with Crippen molar-refractivity contribution in [1.82, 2.24) is 4.90 Å². The first-order valence-corrected chi connectivity index (χ1v) is 10.4. The molecule has 4 rings (SSSR count). The van der Waals surface area contributed by atoms with Crippen LogP contribution in [0.2, 0.25) is 0 Å². The van der Waals surface area contributed by atoms with Gasteiger partial charge in [0.1, 0.15) is 5.75 Å². The second-order valence-corrected chi connectivity index (χ2v) is 7.79. The van der Waals surface area contributed by atoms with Crippen molar-refractivity contribution in [3.8, 4) is 5.75 Å². The maximum Gasteiger partial charge on any atom is 0.121 e. The van der Waals surface area contributed by atoms with Crippen LogP contribution in [-0.2, 0) is 0 Å². The van der Waals surface area contributed by atoms with Crippen molar-refractivity contribution in [2.45, 2.75) is 44.2 Å². The van der Waals surface area contributed by atoms with Crippen LogP contribution >= 0.6 is 0 Å². The van der Waals surface area contributed by atoms with E-state index in [0.717, 1.165) is 30.3 Å². The normalized spacial score (nSPS) is 18.8. The number of rotatable bonds is 6. The summed E-state index contributed by atoms with van der Waals surface area (Å²) in [6, 6.07) is 23.5. The molecule has 1 aliphatic heterocycles. The first-order valence-electron chi connectivity index (χ1n) is 10.4. The Morgan fingerprint density at radius 1 is 1.00 bits per heavy atom. The highest BCUT2D eigenvalue weighted by atomic mass is 16.3. The summed E-state index contributed by atoms with van der Waals surface area (Å²) >= 11 is 0. The number of aromatic hydroxyl groups is 1. The third-order valence-electron chi connectivity index (χ3n) is 6.04. The average Bonchev–Trinajstić information content (AvgIpc) is 2.75. The van der Waals surface area contributed by atoms with E-state index in [4.69, 9.17) is 0 Å². The van der Waals surface area contributed by atoms with E-state index in [1.165, 1.54) is 30.2 Å². The van der Waals surface area contributed by atoms with Gasteiger partial charge in [0.05, 0.1) is 6.04 Å². The third-order valence-corrected chi connectivity index (χ3v) is 6.04. The SMILES string of the molecule is C=CCC[C@@H]1CCCCN1[C@H](c1ccccc1)c1c(O)ccc2ccccc12. The summed E-state index contributed by atoms with van der Waals surface area (Å²) in [5.74, 6) is 0.389. The molecule has 0 saturated carbocycles. The van der Waals surface area contributed by atoms with Crippen molar-refractivity contribution in [2.24, 2.45) is 0 Å². The van der Waals surface area contributed by atoms with Crippen LogP contribution < -0.4 is 0 Å².